The number of nitrogens with zero attached hydrogens (tertiary/aromatic N) is 3. The SMILES string of the molecule is CN(C)c1cccc2c(S(=O)(=O)NCCNc3ccc4c(c3)nc(CCc3ccc(C(=N)N)cc3)n4C)cccc12. The molecule has 0 aliphatic rings. The molecule has 0 radical (unpaired) electrons. The van der Waals surface area contributed by atoms with Gasteiger partial charge < -0.3 is 20.5 Å². The van der Waals surface area contributed by atoms with Crippen molar-refractivity contribution in [2.45, 2.75) is 17.7 Å². The number of hydrogen-bond donors (Lipinski definition) is 4. The minimum Gasteiger partial charge on any atom is -0.384 e. The first-order chi connectivity index (χ1) is 19.6. The number of amidine groups is 1. The Morgan fingerprint density at radius 3 is 2.41 bits per heavy atom. The number of benzene rings is 4. The standard InChI is InChI=1S/C31H35N7O2S/c1-37(2)27-8-4-7-25-24(27)6-5-9-29(25)41(39,40)35-19-18-34-23-15-16-28-26(20-23)36-30(38(28)3)17-12-21-10-13-22(14-11-21)31(32)33/h4-11,13-16,20,34-35H,12,17-19H2,1-3H3,(H3,32,33). The third-order valence-corrected chi connectivity index (χ3v) is 8.77. The summed E-state index contributed by atoms with van der Waals surface area (Å²) in [4.78, 5) is 7.10. The molecule has 5 rings (SSSR count). The van der Waals surface area contributed by atoms with Crippen LogP contribution in [0.3, 0.4) is 0 Å². The Morgan fingerprint density at radius 1 is 0.951 bits per heavy atom. The number of anilines is 2. The number of imidazole rings is 1. The van der Waals surface area contributed by atoms with Crippen molar-refractivity contribution in [3.63, 3.8) is 0 Å². The maximum absolute atomic E-state index is 13.2. The van der Waals surface area contributed by atoms with Crippen LogP contribution in [0.15, 0.2) is 83.8 Å². The van der Waals surface area contributed by atoms with E-state index in [2.05, 4.69) is 14.6 Å². The molecule has 0 amide bonds. The van der Waals surface area contributed by atoms with Crippen molar-refractivity contribution in [3.05, 3.63) is 95.8 Å². The Bertz CT molecular complexity index is 1830. The lowest BCUT2D eigenvalue weighted by Gasteiger charge is -2.17. The molecule has 0 aliphatic carbocycles. The maximum atomic E-state index is 13.2. The minimum atomic E-state index is -3.70. The number of fused-ring (bicyclic) bond motifs is 2. The number of sulfonamides is 1. The van der Waals surface area contributed by atoms with Crippen LogP contribution < -0.4 is 20.7 Å². The summed E-state index contributed by atoms with van der Waals surface area (Å²) in [5.74, 6) is 1.05. The Morgan fingerprint density at radius 2 is 1.68 bits per heavy atom. The lowest BCUT2D eigenvalue weighted by molar-refractivity contribution is 0.584. The van der Waals surface area contributed by atoms with E-state index in [0.717, 1.165) is 57.6 Å². The highest BCUT2D eigenvalue weighted by Gasteiger charge is 2.18. The van der Waals surface area contributed by atoms with E-state index in [0.29, 0.717) is 11.9 Å². The fourth-order valence-corrected chi connectivity index (χ4v) is 6.30. The lowest BCUT2D eigenvalue weighted by atomic mass is 10.1. The Labute approximate surface area is 240 Å². The van der Waals surface area contributed by atoms with Gasteiger partial charge in [-0.05, 0) is 42.3 Å². The molecule has 9 nitrogen and oxygen atoms in total. The highest BCUT2D eigenvalue weighted by Crippen LogP contribution is 2.30. The Kier molecular flexibility index (Phi) is 7.96. The first-order valence-corrected chi connectivity index (χ1v) is 14.9. The molecule has 0 fully saturated rings. The second kappa shape index (κ2) is 11.6. The smallest absolute Gasteiger partial charge is 0.241 e. The molecule has 0 saturated heterocycles. The first kappa shape index (κ1) is 28.1. The summed E-state index contributed by atoms with van der Waals surface area (Å²) in [5, 5.41) is 12.4. The zero-order valence-electron chi connectivity index (χ0n) is 23.5. The quantitative estimate of drug-likeness (QED) is 0.107. The van der Waals surface area contributed by atoms with Crippen molar-refractivity contribution in [1.82, 2.24) is 14.3 Å². The van der Waals surface area contributed by atoms with Gasteiger partial charge in [0.25, 0.3) is 0 Å². The molecule has 1 aromatic heterocycles. The van der Waals surface area contributed by atoms with Crippen molar-refractivity contribution < 1.29 is 8.42 Å². The van der Waals surface area contributed by atoms with Crippen LogP contribution in [0, 0.1) is 5.41 Å². The topological polar surface area (TPSA) is 129 Å². The molecule has 10 heteroatoms. The fourth-order valence-electron chi connectivity index (χ4n) is 5.05. The first-order valence-electron chi connectivity index (χ1n) is 13.5. The second-order valence-electron chi connectivity index (χ2n) is 10.2. The molecule has 0 spiro atoms. The van der Waals surface area contributed by atoms with Crippen LogP contribution in [0.5, 0.6) is 0 Å². The fraction of sp³-hybridized carbons (Fsp3) is 0.226. The summed E-state index contributed by atoms with van der Waals surface area (Å²) in [6.07, 6.45) is 1.60. The normalized spacial score (nSPS) is 11.7. The van der Waals surface area contributed by atoms with Gasteiger partial charge in [0.2, 0.25) is 10.0 Å². The largest absolute Gasteiger partial charge is 0.384 e. The van der Waals surface area contributed by atoms with Crippen LogP contribution in [0.4, 0.5) is 11.4 Å². The molecule has 0 bridgehead atoms. The lowest BCUT2D eigenvalue weighted by Crippen LogP contribution is -2.29. The molecule has 0 atom stereocenters. The number of nitrogen functional groups attached to an aromatic ring is 1. The third-order valence-electron chi connectivity index (χ3n) is 7.25. The van der Waals surface area contributed by atoms with Crippen molar-refractivity contribution >= 4 is 49.0 Å². The van der Waals surface area contributed by atoms with E-state index >= 15 is 0 Å². The zero-order valence-corrected chi connectivity index (χ0v) is 24.3. The zero-order chi connectivity index (χ0) is 29.1. The second-order valence-corrected chi connectivity index (χ2v) is 12.0. The summed E-state index contributed by atoms with van der Waals surface area (Å²) in [6.45, 7) is 0.661. The van der Waals surface area contributed by atoms with Gasteiger partial charge in [-0.3, -0.25) is 5.41 Å². The molecular formula is C31H35N7O2S. The Balaban J connectivity index is 1.21. The Hall–Kier alpha value is -4.41. The van der Waals surface area contributed by atoms with E-state index in [1.165, 1.54) is 0 Å². The number of nitrogens with one attached hydrogen (secondary N) is 3. The number of rotatable bonds is 11. The summed E-state index contributed by atoms with van der Waals surface area (Å²) in [6, 6.07) is 24.8. The van der Waals surface area contributed by atoms with E-state index in [1.807, 2.05) is 92.8 Å². The van der Waals surface area contributed by atoms with Gasteiger partial charge in [0.1, 0.15) is 11.7 Å². The van der Waals surface area contributed by atoms with Crippen LogP contribution in [0.2, 0.25) is 0 Å². The van der Waals surface area contributed by atoms with Gasteiger partial charge >= 0.3 is 0 Å². The highest BCUT2D eigenvalue weighted by atomic mass is 32.2. The predicted octanol–water partition coefficient (Wildman–Crippen LogP) is 4.25. The van der Waals surface area contributed by atoms with Gasteiger partial charge in [-0.2, -0.15) is 0 Å². The van der Waals surface area contributed by atoms with Gasteiger partial charge in [0, 0.05) is 68.4 Å². The van der Waals surface area contributed by atoms with Gasteiger partial charge in [0.15, 0.2) is 0 Å². The summed E-state index contributed by atoms with van der Waals surface area (Å²) in [7, 11) is 2.21. The van der Waals surface area contributed by atoms with E-state index in [9.17, 15) is 8.42 Å². The maximum Gasteiger partial charge on any atom is 0.241 e. The molecular weight excluding hydrogens is 534 g/mol. The van der Waals surface area contributed by atoms with Crippen molar-refractivity contribution in [2.75, 3.05) is 37.4 Å². The van der Waals surface area contributed by atoms with Gasteiger partial charge in [-0.1, -0.05) is 48.5 Å². The number of hydrogen-bond acceptors (Lipinski definition) is 6. The van der Waals surface area contributed by atoms with Gasteiger partial charge in [-0.15, -0.1) is 0 Å². The number of nitrogens with two attached hydrogens (primary N) is 1. The van der Waals surface area contributed by atoms with E-state index < -0.39 is 10.0 Å². The van der Waals surface area contributed by atoms with Crippen LogP contribution >= 0.6 is 0 Å². The molecule has 4 aromatic carbocycles. The van der Waals surface area contributed by atoms with Gasteiger partial charge in [-0.25, -0.2) is 18.1 Å². The van der Waals surface area contributed by atoms with E-state index in [1.54, 1.807) is 12.1 Å². The molecule has 212 valence electrons. The molecule has 5 N–H and O–H groups in total. The third kappa shape index (κ3) is 6.03. The van der Waals surface area contributed by atoms with Crippen LogP contribution in [-0.4, -0.2) is 51.0 Å². The highest BCUT2D eigenvalue weighted by molar-refractivity contribution is 7.89. The molecule has 1 heterocycles. The molecule has 41 heavy (non-hydrogen) atoms. The van der Waals surface area contributed by atoms with Crippen molar-refractivity contribution in [1.29, 1.82) is 5.41 Å². The average Bonchev–Trinajstić information content (AvgIpc) is 3.28. The predicted molar refractivity (Wildman–Crippen MR) is 168 cm³/mol. The molecule has 0 saturated carbocycles. The van der Waals surface area contributed by atoms with Crippen LogP contribution in [0.1, 0.15) is 17.0 Å². The molecule has 0 aliphatic heterocycles. The summed E-state index contributed by atoms with van der Waals surface area (Å²) >= 11 is 0. The van der Waals surface area contributed by atoms with Crippen LogP contribution in [0.25, 0.3) is 21.8 Å². The van der Waals surface area contributed by atoms with Gasteiger partial charge in [0.05, 0.1) is 15.9 Å². The van der Waals surface area contributed by atoms with E-state index in [-0.39, 0.29) is 17.3 Å². The van der Waals surface area contributed by atoms with Crippen molar-refractivity contribution in [2.24, 2.45) is 12.8 Å². The van der Waals surface area contributed by atoms with Crippen LogP contribution in [-0.2, 0) is 29.9 Å². The molecule has 0 unspecified atom stereocenters. The van der Waals surface area contributed by atoms with E-state index in [4.69, 9.17) is 16.1 Å². The number of aryl methyl sites for hydroxylation is 3. The minimum absolute atomic E-state index is 0.0669. The number of aromatic nitrogens is 2. The average molecular weight is 570 g/mol. The van der Waals surface area contributed by atoms with Crippen molar-refractivity contribution in [3.8, 4) is 0 Å². The summed E-state index contributed by atoms with van der Waals surface area (Å²) < 4.78 is 31.2. The molecule has 5 aromatic rings. The summed E-state index contributed by atoms with van der Waals surface area (Å²) in [5.41, 5.74) is 11.2. The monoisotopic (exact) mass is 569 g/mol.